The van der Waals surface area contributed by atoms with E-state index in [1.54, 1.807) is 18.5 Å². The molecule has 0 unspecified atom stereocenters. The first-order valence-electron chi connectivity index (χ1n) is 7.10. The molecule has 0 aromatic carbocycles. The second-order valence-electron chi connectivity index (χ2n) is 5.45. The van der Waals surface area contributed by atoms with Crippen molar-refractivity contribution in [3.05, 3.63) is 24.0 Å². The zero-order valence-corrected chi connectivity index (χ0v) is 11.6. The van der Waals surface area contributed by atoms with Crippen LogP contribution in [0, 0.1) is 5.41 Å². The van der Waals surface area contributed by atoms with Crippen molar-refractivity contribution in [3.63, 3.8) is 0 Å². The fourth-order valence-corrected chi connectivity index (χ4v) is 3.00. The summed E-state index contributed by atoms with van der Waals surface area (Å²) in [7, 11) is 0. The number of rotatable bonds is 5. The molecule has 1 aromatic heterocycles. The predicted molar refractivity (Wildman–Crippen MR) is 76.8 cm³/mol. The van der Waals surface area contributed by atoms with Crippen molar-refractivity contribution in [2.75, 3.05) is 18.8 Å². The molecule has 1 aliphatic rings. The number of nitrogens with zero attached hydrogens (tertiary/aromatic N) is 1. The van der Waals surface area contributed by atoms with Crippen LogP contribution in [0.15, 0.2) is 18.5 Å². The van der Waals surface area contributed by atoms with E-state index >= 15 is 0 Å². The maximum absolute atomic E-state index is 12.7. The van der Waals surface area contributed by atoms with Crippen LogP contribution in [0.5, 0.6) is 0 Å². The molecular weight excluding hydrogens is 238 g/mol. The molecular formula is C15H23N3O. The minimum absolute atomic E-state index is 0.151. The Morgan fingerprint density at radius 1 is 1.47 bits per heavy atom. The van der Waals surface area contributed by atoms with Crippen molar-refractivity contribution in [2.24, 2.45) is 5.41 Å². The molecule has 0 aliphatic carbocycles. The van der Waals surface area contributed by atoms with E-state index in [1.165, 1.54) is 0 Å². The minimum Gasteiger partial charge on any atom is -0.398 e. The van der Waals surface area contributed by atoms with Crippen LogP contribution in [0.3, 0.4) is 0 Å². The SMILES string of the molecule is CCCC1(C(=O)Cc2cnccc2N)CCNCC1. The maximum Gasteiger partial charge on any atom is 0.143 e. The highest BCUT2D eigenvalue weighted by molar-refractivity contribution is 5.87. The van der Waals surface area contributed by atoms with Crippen molar-refractivity contribution >= 4 is 11.5 Å². The normalized spacial score (nSPS) is 18.2. The Labute approximate surface area is 114 Å². The van der Waals surface area contributed by atoms with Crippen LogP contribution in [0.25, 0.3) is 0 Å². The lowest BCUT2D eigenvalue weighted by molar-refractivity contribution is -0.130. The molecule has 0 spiro atoms. The van der Waals surface area contributed by atoms with Crippen molar-refractivity contribution < 1.29 is 4.79 Å². The van der Waals surface area contributed by atoms with Gasteiger partial charge in [0.2, 0.25) is 0 Å². The fourth-order valence-electron chi connectivity index (χ4n) is 3.00. The summed E-state index contributed by atoms with van der Waals surface area (Å²) in [6, 6.07) is 1.76. The molecule has 0 radical (unpaired) electrons. The van der Waals surface area contributed by atoms with Gasteiger partial charge in [0.05, 0.1) is 0 Å². The maximum atomic E-state index is 12.7. The number of piperidine rings is 1. The first-order chi connectivity index (χ1) is 9.18. The Bertz CT molecular complexity index is 433. The van der Waals surface area contributed by atoms with E-state index in [-0.39, 0.29) is 5.41 Å². The number of hydrogen-bond donors (Lipinski definition) is 2. The van der Waals surface area contributed by atoms with Gasteiger partial charge in [-0.25, -0.2) is 0 Å². The third-order valence-electron chi connectivity index (χ3n) is 4.17. The Morgan fingerprint density at radius 2 is 2.21 bits per heavy atom. The number of nitrogen functional groups attached to an aromatic ring is 1. The van der Waals surface area contributed by atoms with E-state index in [1.807, 2.05) is 0 Å². The van der Waals surface area contributed by atoms with Crippen LogP contribution in [0.1, 0.15) is 38.2 Å². The minimum atomic E-state index is -0.151. The molecule has 2 heterocycles. The highest BCUT2D eigenvalue weighted by atomic mass is 16.1. The predicted octanol–water partition coefficient (Wildman–Crippen LogP) is 1.95. The second kappa shape index (κ2) is 6.15. The number of ketones is 1. The number of aromatic nitrogens is 1. The molecule has 19 heavy (non-hydrogen) atoms. The third-order valence-corrected chi connectivity index (χ3v) is 4.17. The van der Waals surface area contributed by atoms with Crippen molar-refractivity contribution in [1.29, 1.82) is 0 Å². The summed E-state index contributed by atoms with van der Waals surface area (Å²) in [5.41, 5.74) is 7.29. The van der Waals surface area contributed by atoms with Crippen molar-refractivity contribution in [3.8, 4) is 0 Å². The summed E-state index contributed by atoms with van der Waals surface area (Å²) >= 11 is 0. The molecule has 0 saturated carbocycles. The molecule has 3 N–H and O–H groups in total. The van der Waals surface area contributed by atoms with Gasteiger partial charge in [0.15, 0.2) is 0 Å². The monoisotopic (exact) mass is 261 g/mol. The highest BCUT2D eigenvalue weighted by Gasteiger charge is 2.38. The van der Waals surface area contributed by atoms with E-state index in [4.69, 9.17) is 5.73 Å². The van der Waals surface area contributed by atoms with Gasteiger partial charge in [-0.15, -0.1) is 0 Å². The van der Waals surface area contributed by atoms with Crippen LogP contribution in [-0.4, -0.2) is 23.9 Å². The molecule has 1 saturated heterocycles. The fraction of sp³-hybridized carbons (Fsp3) is 0.600. The highest BCUT2D eigenvalue weighted by Crippen LogP contribution is 2.36. The van der Waals surface area contributed by atoms with Gasteiger partial charge in [0, 0.05) is 35.5 Å². The number of hydrogen-bond acceptors (Lipinski definition) is 4. The number of nitrogens with two attached hydrogens (primary N) is 1. The molecule has 0 atom stereocenters. The Kier molecular flexibility index (Phi) is 4.53. The topological polar surface area (TPSA) is 68.0 Å². The molecule has 4 heteroatoms. The zero-order valence-electron chi connectivity index (χ0n) is 11.6. The van der Waals surface area contributed by atoms with Crippen molar-refractivity contribution in [2.45, 2.75) is 39.0 Å². The lowest BCUT2D eigenvalue weighted by atomic mass is 9.70. The summed E-state index contributed by atoms with van der Waals surface area (Å²) in [5.74, 6) is 0.329. The van der Waals surface area contributed by atoms with E-state index in [0.717, 1.165) is 44.3 Å². The first kappa shape index (κ1) is 14.0. The van der Waals surface area contributed by atoms with Gasteiger partial charge in [0.1, 0.15) is 5.78 Å². The molecule has 1 aromatic rings. The van der Waals surface area contributed by atoms with Crippen molar-refractivity contribution in [1.82, 2.24) is 10.3 Å². The summed E-state index contributed by atoms with van der Waals surface area (Å²) in [4.78, 5) is 16.8. The van der Waals surface area contributed by atoms with Gasteiger partial charge < -0.3 is 11.1 Å². The molecule has 0 bridgehead atoms. The quantitative estimate of drug-likeness (QED) is 0.850. The molecule has 104 valence electrons. The van der Waals surface area contributed by atoms with Crippen LogP contribution < -0.4 is 11.1 Å². The first-order valence-corrected chi connectivity index (χ1v) is 7.10. The number of carbonyl (C=O) groups excluding carboxylic acids is 1. The average Bonchev–Trinajstić information content (AvgIpc) is 2.42. The van der Waals surface area contributed by atoms with Crippen LogP contribution >= 0.6 is 0 Å². The molecule has 0 amide bonds. The van der Waals surface area contributed by atoms with Gasteiger partial charge in [0.25, 0.3) is 0 Å². The molecule has 1 fully saturated rings. The van der Waals surface area contributed by atoms with E-state index in [2.05, 4.69) is 17.2 Å². The van der Waals surface area contributed by atoms with Crippen LogP contribution in [0.2, 0.25) is 0 Å². The number of nitrogens with one attached hydrogen (secondary N) is 1. The van der Waals surface area contributed by atoms with E-state index in [0.29, 0.717) is 17.9 Å². The average molecular weight is 261 g/mol. The molecule has 4 nitrogen and oxygen atoms in total. The van der Waals surface area contributed by atoms with Gasteiger partial charge in [-0.3, -0.25) is 9.78 Å². The van der Waals surface area contributed by atoms with Gasteiger partial charge in [-0.05, 0) is 38.4 Å². The standard InChI is InChI=1S/C15H23N3O/c1-2-4-15(5-8-17-9-6-15)14(19)10-12-11-18-7-3-13(12)16/h3,7,11,17H,2,4-6,8-10H2,1H3,(H2,16,18). The smallest absolute Gasteiger partial charge is 0.143 e. The largest absolute Gasteiger partial charge is 0.398 e. The number of carbonyl (C=O) groups is 1. The Balaban J connectivity index is 2.14. The van der Waals surface area contributed by atoms with Crippen LogP contribution in [-0.2, 0) is 11.2 Å². The van der Waals surface area contributed by atoms with E-state index < -0.39 is 0 Å². The Hall–Kier alpha value is -1.42. The molecule has 1 aliphatic heterocycles. The third kappa shape index (κ3) is 3.13. The summed E-state index contributed by atoms with van der Waals surface area (Å²) in [6.07, 6.45) is 7.71. The van der Waals surface area contributed by atoms with E-state index in [9.17, 15) is 4.79 Å². The van der Waals surface area contributed by atoms with Gasteiger partial charge in [-0.1, -0.05) is 13.3 Å². The number of Topliss-reactive ketones (excluding diaryl/α,β-unsaturated/α-hetero) is 1. The number of anilines is 1. The summed E-state index contributed by atoms with van der Waals surface area (Å²) in [5, 5.41) is 3.34. The van der Waals surface area contributed by atoms with Gasteiger partial charge in [-0.2, -0.15) is 0 Å². The second-order valence-corrected chi connectivity index (χ2v) is 5.45. The Morgan fingerprint density at radius 3 is 2.84 bits per heavy atom. The summed E-state index contributed by atoms with van der Waals surface area (Å²) in [6.45, 7) is 4.03. The number of pyridine rings is 1. The van der Waals surface area contributed by atoms with Crippen LogP contribution in [0.4, 0.5) is 5.69 Å². The lowest BCUT2D eigenvalue weighted by Crippen LogP contribution is -2.42. The summed E-state index contributed by atoms with van der Waals surface area (Å²) < 4.78 is 0. The molecule has 2 rings (SSSR count). The van der Waals surface area contributed by atoms with Gasteiger partial charge >= 0.3 is 0 Å². The zero-order chi connectivity index (χ0) is 13.7. The lowest BCUT2D eigenvalue weighted by Gasteiger charge is -2.36.